The maximum atomic E-state index is 11.9. The second-order valence-corrected chi connectivity index (χ2v) is 7.09. The van der Waals surface area contributed by atoms with Gasteiger partial charge in [0.15, 0.2) is 0 Å². The topological polar surface area (TPSA) is 82.8 Å². The number of aliphatic hydroxyl groups excluding tert-OH is 1. The van der Waals surface area contributed by atoms with Gasteiger partial charge in [0.2, 0.25) is 5.09 Å². The molecule has 0 spiro atoms. The first-order chi connectivity index (χ1) is 9.31. The Morgan fingerprint density at radius 2 is 1.90 bits per heavy atom. The number of hydrogen-bond acceptors (Lipinski definition) is 5. The number of nitrogens with one attached hydrogen (secondary N) is 1. The largest absolute Gasteiger partial charge is 0.447 e. The Hall–Kier alpha value is -0.890. The van der Waals surface area contributed by atoms with E-state index in [9.17, 15) is 13.5 Å². The molecule has 2 N–H and O–H groups in total. The number of nitrogens with zero attached hydrogens (tertiary/aromatic N) is 1. The van der Waals surface area contributed by atoms with Gasteiger partial charge in [-0.15, -0.1) is 0 Å². The normalized spacial score (nSPS) is 13.1. The Morgan fingerprint density at radius 1 is 1.30 bits per heavy atom. The molecule has 1 aromatic heterocycles. The van der Waals surface area contributed by atoms with Crippen LogP contribution in [0, 0.1) is 0 Å². The maximum Gasteiger partial charge on any atom is 0.275 e. The zero-order chi connectivity index (χ0) is 15.4. The van der Waals surface area contributed by atoms with Crippen LogP contribution in [0.5, 0.6) is 0 Å². The third-order valence-corrected chi connectivity index (χ3v) is 5.36. The van der Waals surface area contributed by atoms with Crippen molar-refractivity contribution in [3.05, 3.63) is 17.9 Å². The van der Waals surface area contributed by atoms with Crippen molar-refractivity contribution < 1.29 is 17.9 Å². The van der Waals surface area contributed by atoms with E-state index in [-0.39, 0.29) is 17.2 Å². The summed E-state index contributed by atoms with van der Waals surface area (Å²) < 4.78 is 30.2. The molecule has 6 nitrogen and oxygen atoms in total. The van der Waals surface area contributed by atoms with Crippen molar-refractivity contribution in [2.75, 3.05) is 20.7 Å². The van der Waals surface area contributed by atoms with Gasteiger partial charge in [0.05, 0.1) is 13.2 Å². The number of sulfonamides is 1. The van der Waals surface area contributed by atoms with Crippen LogP contribution in [0.2, 0.25) is 0 Å². The van der Waals surface area contributed by atoms with Crippen LogP contribution >= 0.6 is 0 Å². The van der Waals surface area contributed by atoms with Gasteiger partial charge in [0.1, 0.15) is 5.76 Å². The van der Waals surface area contributed by atoms with Crippen LogP contribution in [0.3, 0.4) is 0 Å². The van der Waals surface area contributed by atoms with Crippen LogP contribution in [-0.4, -0.2) is 44.1 Å². The minimum Gasteiger partial charge on any atom is -0.447 e. The van der Waals surface area contributed by atoms with Gasteiger partial charge >= 0.3 is 0 Å². The highest BCUT2D eigenvalue weighted by atomic mass is 32.2. The fraction of sp³-hybridized carbons (Fsp3) is 0.692. The lowest BCUT2D eigenvalue weighted by atomic mass is 9.94. The average molecular weight is 304 g/mol. The first-order valence-electron chi connectivity index (χ1n) is 6.68. The summed E-state index contributed by atoms with van der Waals surface area (Å²) in [5, 5.41) is 12.6. The zero-order valence-electron chi connectivity index (χ0n) is 12.5. The van der Waals surface area contributed by atoms with E-state index >= 15 is 0 Å². The molecule has 7 heteroatoms. The monoisotopic (exact) mass is 304 g/mol. The van der Waals surface area contributed by atoms with Crippen molar-refractivity contribution in [3.8, 4) is 0 Å². The van der Waals surface area contributed by atoms with Gasteiger partial charge in [-0.2, -0.15) is 0 Å². The molecule has 1 heterocycles. The molecule has 0 saturated heterocycles. The van der Waals surface area contributed by atoms with Gasteiger partial charge in [-0.25, -0.2) is 12.7 Å². The lowest BCUT2D eigenvalue weighted by Gasteiger charge is -2.30. The van der Waals surface area contributed by atoms with E-state index in [1.165, 1.54) is 20.2 Å². The van der Waals surface area contributed by atoms with Crippen molar-refractivity contribution in [1.29, 1.82) is 0 Å². The Balaban J connectivity index is 2.80. The standard InChI is InChI=1S/C13H24N2O4S/c1-5-13(6-2,10-16)14-9-11-7-8-12(19-11)20(17,18)15(3)4/h7-8,14,16H,5-6,9-10H2,1-4H3. The van der Waals surface area contributed by atoms with E-state index in [0.717, 1.165) is 17.1 Å². The van der Waals surface area contributed by atoms with E-state index in [4.69, 9.17) is 4.42 Å². The lowest BCUT2D eigenvalue weighted by Crippen LogP contribution is -2.46. The third kappa shape index (κ3) is 3.60. The minimum absolute atomic E-state index is 0.0313. The predicted molar refractivity (Wildman–Crippen MR) is 76.8 cm³/mol. The molecule has 20 heavy (non-hydrogen) atoms. The number of rotatable bonds is 8. The molecule has 0 atom stereocenters. The number of furan rings is 1. The summed E-state index contributed by atoms with van der Waals surface area (Å²) in [6, 6.07) is 3.09. The van der Waals surface area contributed by atoms with Crippen molar-refractivity contribution in [2.24, 2.45) is 0 Å². The summed E-state index contributed by atoms with van der Waals surface area (Å²) in [6.45, 7) is 4.41. The average Bonchev–Trinajstić information content (AvgIpc) is 2.90. The first-order valence-corrected chi connectivity index (χ1v) is 8.12. The second-order valence-electron chi connectivity index (χ2n) is 5.01. The van der Waals surface area contributed by atoms with E-state index in [1.54, 1.807) is 6.07 Å². The van der Waals surface area contributed by atoms with E-state index in [1.807, 2.05) is 13.8 Å². The summed E-state index contributed by atoms with van der Waals surface area (Å²) in [6.07, 6.45) is 1.56. The molecule has 0 saturated carbocycles. The Labute approximate surface area is 120 Å². The number of hydrogen-bond donors (Lipinski definition) is 2. The molecule has 0 unspecified atom stereocenters. The fourth-order valence-corrected chi connectivity index (χ4v) is 2.64. The summed E-state index contributed by atoms with van der Waals surface area (Å²) >= 11 is 0. The van der Waals surface area contributed by atoms with E-state index in [0.29, 0.717) is 12.3 Å². The highest BCUT2D eigenvalue weighted by Gasteiger charge is 2.26. The lowest BCUT2D eigenvalue weighted by molar-refractivity contribution is 0.146. The number of aliphatic hydroxyl groups is 1. The van der Waals surface area contributed by atoms with Crippen molar-refractivity contribution in [2.45, 2.75) is 43.9 Å². The molecular weight excluding hydrogens is 280 g/mol. The molecule has 0 amide bonds. The van der Waals surface area contributed by atoms with E-state index < -0.39 is 10.0 Å². The quantitative estimate of drug-likeness (QED) is 0.753. The molecule has 0 bridgehead atoms. The van der Waals surface area contributed by atoms with Gasteiger partial charge in [0, 0.05) is 19.6 Å². The van der Waals surface area contributed by atoms with Crippen LogP contribution in [0.1, 0.15) is 32.4 Å². The van der Waals surface area contributed by atoms with Gasteiger partial charge in [-0.1, -0.05) is 13.8 Å². The SMILES string of the molecule is CCC(CC)(CO)NCc1ccc(S(=O)(=O)N(C)C)o1. The molecule has 1 aromatic rings. The molecule has 0 radical (unpaired) electrons. The van der Waals surface area contributed by atoms with Crippen LogP contribution in [0.25, 0.3) is 0 Å². The molecule has 0 fully saturated rings. The van der Waals surface area contributed by atoms with Crippen LogP contribution < -0.4 is 5.32 Å². The molecule has 0 aliphatic carbocycles. The van der Waals surface area contributed by atoms with Crippen molar-refractivity contribution in [1.82, 2.24) is 9.62 Å². The van der Waals surface area contributed by atoms with Crippen LogP contribution in [0.15, 0.2) is 21.6 Å². The third-order valence-electron chi connectivity index (χ3n) is 3.67. The highest BCUT2D eigenvalue weighted by Crippen LogP contribution is 2.19. The molecular formula is C13H24N2O4S. The van der Waals surface area contributed by atoms with Crippen molar-refractivity contribution in [3.63, 3.8) is 0 Å². The van der Waals surface area contributed by atoms with Gasteiger partial charge < -0.3 is 14.8 Å². The molecule has 0 aromatic carbocycles. The first kappa shape index (κ1) is 17.2. The predicted octanol–water partition coefficient (Wildman–Crippen LogP) is 1.17. The smallest absolute Gasteiger partial charge is 0.275 e. The highest BCUT2D eigenvalue weighted by molar-refractivity contribution is 7.88. The second kappa shape index (κ2) is 6.71. The Kier molecular flexibility index (Phi) is 5.76. The molecule has 116 valence electrons. The van der Waals surface area contributed by atoms with Gasteiger partial charge in [-0.05, 0) is 25.0 Å². The van der Waals surface area contributed by atoms with E-state index in [2.05, 4.69) is 5.32 Å². The summed E-state index contributed by atoms with van der Waals surface area (Å²) in [5.74, 6) is 0.533. The Bertz CT molecular complexity index is 510. The van der Waals surface area contributed by atoms with Crippen LogP contribution in [0.4, 0.5) is 0 Å². The summed E-state index contributed by atoms with van der Waals surface area (Å²) in [7, 11) is -0.619. The van der Waals surface area contributed by atoms with Gasteiger partial charge in [-0.3, -0.25) is 0 Å². The molecule has 0 aliphatic heterocycles. The minimum atomic E-state index is -3.54. The maximum absolute atomic E-state index is 11.9. The Morgan fingerprint density at radius 3 is 2.35 bits per heavy atom. The molecule has 1 rings (SSSR count). The van der Waals surface area contributed by atoms with Gasteiger partial charge in [0.25, 0.3) is 10.0 Å². The fourth-order valence-electron chi connectivity index (χ4n) is 1.83. The summed E-state index contributed by atoms with van der Waals surface area (Å²) in [5.41, 5.74) is -0.354. The van der Waals surface area contributed by atoms with Crippen LogP contribution in [-0.2, 0) is 16.6 Å². The zero-order valence-corrected chi connectivity index (χ0v) is 13.3. The summed E-state index contributed by atoms with van der Waals surface area (Å²) in [4.78, 5) is 0. The van der Waals surface area contributed by atoms with Crippen molar-refractivity contribution >= 4 is 10.0 Å². The molecule has 0 aliphatic rings.